The van der Waals surface area contributed by atoms with Crippen molar-refractivity contribution in [1.82, 2.24) is 10.2 Å². The molecule has 1 heterocycles. The second-order valence-corrected chi connectivity index (χ2v) is 3.57. The highest BCUT2D eigenvalue weighted by Gasteiger charge is 2.11. The Morgan fingerprint density at radius 2 is 2.06 bits per heavy atom. The number of methoxy groups -OCH3 is 1. The minimum absolute atomic E-state index is 0.539. The van der Waals surface area contributed by atoms with E-state index >= 15 is 0 Å². The first-order valence-electron chi connectivity index (χ1n) is 5.20. The van der Waals surface area contributed by atoms with Crippen molar-refractivity contribution in [2.75, 3.05) is 19.5 Å². The van der Waals surface area contributed by atoms with Crippen LogP contribution in [0.2, 0.25) is 0 Å². The number of rotatable bonds is 4. The van der Waals surface area contributed by atoms with Crippen molar-refractivity contribution >= 4 is 5.82 Å². The van der Waals surface area contributed by atoms with Gasteiger partial charge in [-0.05, 0) is 5.56 Å². The summed E-state index contributed by atoms with van der Waals surface area (Å²) in [7, 11) is 1.68. The largest absolute Gasteiger partial charge is 0.384 e. The van der Waals surface area contributed by atoms with E-state index in [4.69, 9.17) is 10.5 Å². The highest BCUT2D eigenvalue weighted by atomic mass is 16.5. The highest BCUT2D eigenvalue weighted by Crippen LogP contribution is 2.27. The van der Waals surface area contributed by atoms with Crippen molar-refractivity contribution < 1.29 is 4.74 Å². The molecule has 84 valence electrons. The van der Waals surface area contributed by atoms with Gasteiger partial charge in [0.05, 0.1) is 6.61 Å². The smallest absolute Gasteiger partial charge is 0.153 e. The van der Waals surface area contributed by atoms with Crippen molar-refractivity contribution in [1.29, 1.82) is 0 Å². The van der Waals surface area contributed by atoms with Crippen molar-refractivity contribution in [2.24, 2.45) is 0 Å². The third-order valence-corrected chi connectivity index (χ3v) is 2.49. The van der Waals surface area contributed by atoms with Crippen LogP contribution in [0.4, 0.5) is 5.82 Å². The third-order valence-electron chi connectivity index (χ3n) is 2.49. The van der Waals surface area contributed by atoms with Gasteiger partial charge in [-0.25, -0.2) is 0 Å². The van der Waals surface area contributed by atoms with E-state index in [-0.39, 0.29) is 0 Å². The lowest BCUT2D eigenvalue weighted by Gasteiger charge is -2.03. The molecule has 0 bridgehead atoms. The summed E-state index contributed by atoms with van der Waals surface area (Å²) in [5.74, 6) is 0.539. The Morgan fingerprint density at radius 3 is 2.75 bits per heavy atom. The fraction of sp³-hybridized carbons (Fsp3) is 0.250. The zero-order chi connectivity index (χ0) is 11.4. The number of nitrogen functional groups attached to an aromatic ring is 1. The molecule has 0 saturated heterocycles. The molecule has 0 amide bonds. The Bertz CT molecular complexity index is 451. The number of hydrogen-bond donors (Lipinski definition) is 2. The summed E-state index contributed by atoms with van der Waals surface area (Å²) in [5.41, 5.74) is 8.95. The number of H-pyrrole nitrogens is 1. The van der Waals surface area contributed by atoms with Crippen LogP contribution in [0, 0.1) is 0 Å². The number of aromatic nitrogens is 2. The SMILES string of the molecule is COCCc1[nH]nc(N)c1-c1ccccc1. The minimum atomic E-state index is 0.539. The predicted molar refractivity (Wildman–Crippen MR) is 64.0 cm³/mol. The standard InChI is InChI=1S/C12H15N3O/c1-16-8-7-10-11(12(13)15-14-10)9-5-3-2-4-6-9/h2-6H,7-8H2,1H3,(H3,13,14,15). The van der Waals surface area contributed by atoms with Crippen LogP contribution in [0.1, 0.15) is 5.69 Å². The molecule has 0 aliphatic rings. The molecule has 0 saturated carbocycles. The molecule has 4 heteroatoms. The lowest BCUT2D eigenvalue weighted by molar-refractivity contribution is 0.201. The zero-order valence-electron chi connectivity index (χ0n) is 9.23. The van der Waals surface area contributed by atoms with E-state index in [9.17, 15) is 0 Å². The molecule has 0 fully saturated rings. The van der Waals surface area contributed by atoms with E-state index in [2.05, 4.69) is 10.2 Å². The first kappa shape index (κ1) is 10.7. The van der Waals surface area contributed by atoms with E-state index in [1.807, 2.05) is 30.3 Å². The molecule has 1 aromatic heterocycles. The summed E-state index contributed by atoms with van der Waals surface area (Å²) in [6.07, 6.45) is 0.783. The molecule has 0 spiro atoms. The zero-order valence-corrected chi connectivity index (χ0v) is 9.23. The van der Waals surface area contributed by atoms with Gasteiger partial charge in [0.2, 0.25) is 0 Å². The van der Waals surface area contributed by atoms with Crippen LogP contribution in [0.25, 0.3) is 11.1 Å². The van der Waals surface area contributed by atoms with Gasteiger partial charge >= 0.3 is 0 Å². The van der Waals surface area contributed by atoms with E-state index in [0.29, 0.717) is 12.4 Å². The maximum Gasteiger partial charge on any atom is 0.153 e. The van der Waals surface area contributed by atoms with Gasteiger partial charge in [-0.15, -0.1) is 0 Å². The molecule has 0 aliphatic heterocycles. The Kier molecular flexibility index (Phi) is 3.22. The third kappa shape index (κ3) is 2.06. The topological polar surface area (TPSA) is 63.9 Å². The molecule has 0 atom stereocenters. The summed E-state index contributed by atoms with van der Waals surface area (Å²) in [6, 6.07) is 10.0. The van der Waals surface area contributed by atoms with Gasteiger partial charge in [0, 0.05) is 24.8 Å². The molecule has 1 aromatic carbocycles. The minimum Gasteiger partial charge on any atom is -0.384 e. The first-order chi connectivity index (χ1) is 7.83. The van der Waals surface area contributed by atoms with Gasteiger partial charge in [0.25, 0.3) is 0 Å². The molecule has 2 aromatic rings. The van der Waals surface area contributed by atoms with E-state index in [1.165, 1.54) is 0 Å². The number of hydrogen-bond acceptors (Lipinski definition) is 3. The van der Waals surface area contributed by atoms with Crippen molar-refractivity contribution in [3.63, 3.8) is 0 Å². The first-order valence-corrected chi connectivity index (χ1v) is 5.20. The van der Waals surface area contributed by atoms with E-state index in [0.717, 1.165) is 23.2 Å². The van der Waals surface area contributed by atoms with Gasteiger partial charge in [-0.3, -0.25) is 5.10 Å². The normalized spacial score (nSPS) is 10.6. The number of aromatic amines is 1. The average molecular weight is 217 g/mol. The second kappa shape index (κ2) is 4.81. The summed E-state index contributed by atoms with van der Waals surface area (Å²) < 4.78 is 5.06. The van der Waals surface area contributed by atoms with Crippen LogP contribution in [0.15, 0.2) is 30.3 Å². The summed E-state index contributed by atoms with van der Waals surface area (Å²) in [5, 5.41) is 7.00. The summed E-state index contributed by atoms with van der Waals surface area (Å²) >= 11 is 0. The molecule has 4 nitrogen and oxygen atoms in total. The van der Waals surface area contributed by atoms with Gasteiger partial charge < -0.3 is 10.5 Å². The highest BCUT2D eigenvalue weighted by molar-refractivity contribution is 5.76. The molecular weight excluding hydrogens is 202 g/mol. The average Bonchev–Trinajstić information content (AvgIpc) is 2.69. The van der Waals surface area contributed by atoms with Crippen molar-refractivity contribution in [3.8, 4) is 11.1 Å². The maximum atomic E-state index is 5.86. The Hall–Kier alpha value is -1.81. The monoisotopic (exact) mass is 217 g/mol. The summed E-state index contributed by atoms with van der Waals surface area (Å²) in [6.45, 7) is 0.654. The van der Waals surface area contributed by atoms with Crippen LogP contribution in [0.5, 0.6) is 0 Å². The van der Waals surface area contributed by atoms with Gasteiger partial charge in [0.1, 0.15) is 0 Å². The number of nitrogens with one attached hydrogen (secondary N) is 1. The molecule has 2 rings (SSSR count). The van der Waals surface area contributed by atoms with Crippen molar-refractivity contribution in [2.45, 2.75) is 6.42 Å². The number of benzene rings is 1. The Labute approximate surface area is 94.4 Å². The lowest BCUT2D eigenvalue weighted by atomic mass is 10.0. The quantitative estimate of drug-likeness (QED) is 0.821. The second-order valence-electron chi connectivity index (χ2n) is 3.57. The van der Waals surface area contributed by atoms with Crippen molar-refractivity contribution in [3.05, 3.63) is 36.0 Å². The summed E-state index contributed by atoms with van der Waals surface area (Å²) in [4.78, 5) is 0. The van der Waals surface area contributed by atoms with Gasteiger partial charge in [-0.1, -0.05) is 30.3 Å². The van der Waals surface area contributed by atoms with Crippen LogP contribution in [-0.2, 0) is 11.2 Å². The van der Waals surface area contributed by atoms with Gasteiger partial charge in [-0.2, -0.15) is 5.10 Å². The lowest BCUT2D eigenvalue weighted by Crippen LogP contribution is -1.97. The number of nitrogens with zero attached hydrogens (tertiary/aromatic N) is 1. The maximum absolute atomic E-state index is 5.86. The molecular formula is C12H15N3O. The van der Waals surface area contributed by atoms with E-state index < -0.39 is 0 Å². The Balaban J connectivity index is 2.35. The van der Waals surface area contributed by atoms with E-state index in [1.54, 1.807) is 7.11 Å². The van der Waals surface area contributed by atoms with Crippen LogP contribution in [-0.4, -0.2) is 23.9 Å². The molecule has 3 N–H and O–H groups in total. The number of ether oxygens (including phenoxy) is 1. The van der Waals surface area contributed by atoms with Crippen LogP contribution < -0.4 is 5.73 Å². The molecule has 0 radical (unpaired) electrons. The molecule has 16 heavy (non-hydrogen) atoms. The van der Waals surface area contributed by atoms with Gasteiger partial charge in [0.15, 0.2) is 5.82 Å². The number of nitrogens with two attached hydrogens (primary N) is 1. The van der Waals surface area contributed by atoms with Crippen LogP contribution >= 0.6 is 0 Å². The fourth-order valence-corrected chi connectivity index (χ4v) is 1.71. The molecule has 0 unspecified atom stereocenters. The number of anilines is 1. The molecule has 0 aliphatic carbocycles. The van der Waals surface area contributed by atoms with Crippen LogP contribution in [0.3, 0.4) is 0 Å². The fourth-order valence-electron chi connectivity index (χ4n) is 1.71. The predicted octanol–water partition coefficient (Wildman–Crippen LogP) is 1.85. The Morgan fingerprint density at radius 1 is 1.31 bits per heavy atom.